The second kappa shape index (κ2) is 8.76. The lowest BCUT2D eigenvalue weighted by molar-refractivity contribution is 0.0951. The van der Waals surface area contributed by atoms with Gasteiger partial charge in [-0.3, -0.25) is 4.79 Å². The number of hydrogen-bond acceptors (Lipinski definition) is 5. The van der Waals surface area contributed by atoms with Gasteiger partial charge in [0.2, 0.25) is 0 Å². The molecule has 0 saturated heterocycles. The smallest absolute Gasteiger partial charge is 0.252 e. The number of nitrogens with one attached hydrogen (secondary N) is 2. The number of amides is 1. The number of rotatable bonds is 6. The van der Waals surface area contributed by atoms with Gasteiger partial charge in [-0.05, 0) is 49.6 Å². The first-order valence-electron chi connectivity index (χ1n) is 10.4. The third kappa shape index (κ3) is 3.89. The van der Waals surface area contributed by atoms with Crippen LogP contribution in [0.4, 0.5) is 0 Å². The number of thiophene rings is 1. The standard InChI is InChI=1S/C25H22N4OS2/c1-15-16(2)31-24-22(15)25(29-14-28-24)32-21-10-6-4-8-19(21)23(30)26-12-11-17-13-27-20-9-5-3-7-18(17)20/h3-10,13-14,27H,11-12H2,1-2H3,(H,26,30). The van der Waals surface area contributed by atoms with E-state index in [-0.39, 0.29) is 5.91 Å². The number of aromatic nitrogens is 3. The number of para-hydroxylation sites is 1. The second-order valence-corrected chi connectivity index (χ2v) is 9.84. The van der Waals surface area contributed by atoms with Crippen molar-refractivity contribution in [2.24, 2.45) is 0 Å². The van der Waals surface area contributed by atoms with Gasteiger partial charge in [-0.25, -0.2) is 9.97 Å². The quantitative estimate of drug-likeness (QED) is 0.310. The molecule has 0 fully saturated rings. The highest BCUT2D eigenvalue weighted by atomic mass is 32.2. The molecule has 160 valence electrons. The topological polar surface area (TPSA) is 70.7 Å². The molecule has 0 aliphatic rings. The first kappa shape index (κ1) is 20.7. The van der Waals surface area contributed by atoms with Gasteiger partial charge in [0.25, 0.3) is 5.91 Å². The molecule has 0 aliphatic carbocycles. The zero-order chi connectivity index (χ0) is 22.1. The number of carbonyl (C=O) groups excluding carboxylic acids is 1. The van der Waals surface area contributed by atoms with Crippen LogP contribution in [0.1, 0.15) is 26.4 Å². The van der Waals surface area contributed by atoms with E-state index in [1.54, 1.807) is 17.7 Å². The average Bonchev–Trinajstić information content (AvgIpc) is 3.35. The van der Waals surface area contributed by atoms with Crippen LogP contribution in [-0.4, -0.2) is 27.4 Å². The zero-order valence-corrected chi connectivity index (χ0v) is 19.4. The number of aryl methyl sites for hydroxylation is 2. The Hall–Kier alpha value is -3.16. The lowest BCUT2D eigenvalue weighted by atomic mass is 10.1. The highest BCUT2D eigenvalue weighted by Gasteiger charge is 2.17. The lowest BCUT2D eigenvalue weighted by Crippen LogP contribution is -2.26. The molecular weight excluding hydrogens is 436 g/mol. The van der Waals surface area contributed by atoms with Gasteiger partial charge in [-0.1, -0.05) is 42.1 Å². The van der Waals surface area contributed by atoms with Crippen LogP contribution in [0.25, 0.3) is 21.1 Å². The van der Waals surface area contributed by atoms with Crippen LogP contribution in [0.2, 0.25) is 0 Å². The maximum absolute atomic E-state index is 13.0. The molecule has 1 amide bonds. The number of fused-ring (bicyclic) bond motifs is 2. The maximum atomic E-state index is 13.0. The first-order chi connectivity index (χ1) is 15.6. The van der Waals surface area contributed by atoms with Gasteiger partial charge in [0, 0.05) is 38.8 Å². The fourth-order valence-corrected chi connectivity index (χ4v) is 5.96. The molecule has 3 aromatic heterocycles. The summed E-state index contributed by atoms with van der Waals surface area (Å²) in [6.45, 7) is 4.77. The fourth-order valence-electron chi connectivity index (χ4n) is 3.82. The Morgan fingerprint density at radius 2 is 1.91 bits per heavy atom. The predicted molar refractivity (Wildman–Crippen MR) is 132 cm³/mol. The predicted octanol–water partition coefficient (Wildman–Crippen LogP) is 5.91. The Morgan fingerprint density at radius 3 is 2.81 bits per heavy atom. The van der Waals surface area contributed by atoms with E-state index in [1.165, 1.54) is 33.2 Å². The molecule has 0 atom stereocenters. The number of H-pyrrole nitrogens is 1. The summed E-state index contributed by atoms with van der Waals surface area (Å²) < 4.78 is 0. The van der Waals surface area contributed by atoms with Gasteiger partial charge >= 0.3 is 0 Å². The van der Waals surface area contributed by atoms with E-state index in [2.05, 4.69) is 46.2 Å². The molecule has 0 spiro atoms. The Morgan fingerprint density at radius 1 is 1.09 bits per heavy atom. The lowest BCUT2D eigenvalue weighted by Gasteiger charge is -2.10. The summed E-state index contributed by atoms with van der Waals surface area (Å²) in [7, 11) is 0. The van der Waals surface area contributed by atoms with Crippen LogP contribution in [0.3, 0.4) is 0 Å². The monoisotopic (exact) mass is 458 g/mol. The van der Waals surface area contributed by atoms with Crippen molar-refractivity contribution in [2.75, 3.05) is 6.54 Å². The second-order valence-electron chi connectivity index (χ2n) is 7.61. The SMILES string of the molecule is Cc1sc2ncnc(Sc3ccccc3C(=O)NCCc3c[nH]c4ccccc34)c2c1C. The summed E-state index contributed by atoms with van der Waals surface area (Å²) in [5, 5.41) is 6.25. The number of carbonyl (C=O) groups is 1. The molecule has 2 aromatic carbocycles. The highest BCUT2D eigenvalue weighted by Crippen LogP contribution is 2.38. The molecule has 5 rings (SSSR count). The summed E-state index contributed by atoms with van der Waals surface area (Å²) in [5.74, 6) is -0.0727. The van der Waals surface area contributed by atoms with Gasteiger partial charge < -0.3 is 10.3 Å². The van der Waals surface area contributed by atoms with Crippen LogP contribution in [0, 0.1) is 13.8 Å². The van der Waals surface area contributed by atoms with E-state index in [1.807, 2.05) is 42.6 Å². The van der Waals surface area contributed by atoms with Gasteiger partial charge in [0.15, 0.2) is 0 Å². The summed E-state index contributed by atoms with van der Waals surface area (Å²) in [4.78, 5) is 28.4. The van der Waals surface area contributed by atoms with Crippen LogP contribution in [0.15, 0.2) is 71.0 Å². The Balaban J connectivity index is 1.34. The Bertz CT molecular complexity index is 1440. The summed E-state index contributed by atoms with van der Waals surface area (Å²) in [5.41, 5.74) is 4.18. The minimum Gasteiger partial charge on any atom is -0.361 e. The van der Waals surface area contributed by atoms with Gasteiger partial charge in [-0.15, -0.1) is 11.3 Å². The van der Waals surface area contributed by atoms with Crippen molar-refractivity contribution in [3.05, 3.63) is 82.6 Å². The fraction of sp³-hybridized carbons (Fsp3) is 0.160. The molecule has 0 unspecified atom stereocenters. The zero-order valence-electron chi connectivity index (χ0n) is 17.8. The molecule has 0 bridgehead atoms. The van der Waals surface area contributed by atoms with Crippen LogP contribution < -0.4 is 5.32 Å². The van der Waals surface area contributed by atoms with Crippen LogP contribution in [0.5, 0.6) is 0 Å². The first-order valence-corrected chi connectivity index (χ1v) is 12.1. The van der Waals surface area contributed by atoms with Crippen molar-refractivity contribution < 1.29 is 4.79 Å². The number of nitrogens with zero attached hydrogens (tertiary/aromatic N) is 2. The van der Waals surface area contributed by atoms with Crippen molar-refractivity contribution in [1.82, 2.24) is 20.3 Å². The molecule has 3 heterocycles. The van der Waals surface area contributed by atoms with Crippen molar-refractivity contribution in [1.29, 1.82) is 0 Å². The third-order valence-electron chi connectivity index (χ3n) is 5.62. The minimum absolute atomic E-state index is 0.0727. The molecule has 0 radical (unpaired) electrons. The van der Waals surface area contributed by atoms with E-state index in [0.717, 1.165) is 32.1 Å². The maximum Gasteiger partial charge on any atom is 0.252 e. The summed E-state index contributed by atoms with van der Waals surface area (Å²) >= 11 is 3.20. The third-order valence-corrected chi connectivity index (χ3v) is 7.82. The van der Waals surface area contributed by atoms with E-state index in [9.17, 15) is 4.79 Å². The van der Waals surface area contributed by atoms with Crippen LogP contribution in [-0.2, 0) is 6.42 Å². The van der Waals surface area contributed by atoms with Crippen molar-refractivity contribution >= 4 is 50.1 Å². The van der Waals surface area contributed by atoms with Crippen molar-refractivity contribution in [3.8, 4) is 0 Å². The molecular formula is C25H22N4OS2. The molecule has 0 aliphatic heterocycles. The molecule has 5 aromatic rings. The van der Waals surface area contributed by atoms with Gasteiger partial charge in [0.1, 0.15) is 16.2 Å². The van der Waals surface area contributed by atoms with E-state index >= 15 is 0 Å². The van der Waals surface area contributed by atoms with E-state index < -0.39 is 0 Å². The number of aromatic amines is 1. The van der Waals surface area contributed by atoms with E-state index in [4.69, 9.17) is 0 Å². The molecule has 5 nitrogen and oxygen atoms in total. The molecule has 32 heavy (non-hydrogen) atoms. The summed E-state index contributed by atoms with van der Waals surface area (Å²) in [6, 6.07) is 15.9. The molecule has 2 N–H and O–H groups in total. The van der Waals surface area contributed by atoms with Gasteiger partial charge in [-0.2, -0.15) is 0 Å². The van der Waals surface area contributed by atoms with E-state index in [0.29, 0.717) is 12.1 Å². The van der Waals surface area contributed by atoms with Crippen molar-refractivity contribution in [2.45, 2.75) is 30.2 Å². The largest absolute Gasteiger partial charge is 0.361 e. The Kier molecular flexibility index (Phi) is 5.68. The number of benzene rings is 2. The van der Waals surface area contributed by atoms with Crippen molar-refractivity contribution in [3.63, 3.8) is 0 Å². The van der Waals surface area contributed by atoms with Crippen LogP contribution >= 0.6 is 23.1 Å². The molecule has 7 heteroatoms. The Labute approximate surface area is 194 Å². The minimum atomic E-state index is -0.0727. The molecule has 0 saturated carbocycles. The summed E-state index contributed by atoms with van der Waals surface area (Å²) in [6.07, 6.45) is 4.39. The normalized spacial score (nSPS) is 11.3. The highest BCUT2D eigenvalue weighted by molar-refractivity contribution is 7.99. The number of hydrogen-bond donors (Lipinski definition) is 2. The average molecular weight is 459 g/mol. The van der Waals surface area contributed by atoms with Gasteiger partial charge in [0.05, 0.1) is 5.56 Å².